The Hall–Kier alpha value is -2.36. The molecule has 9 nitrogen and oxygen atoms in total. The van der Waals surface area contributed by atoms with Crippen LogP contribution in [0.2, 0.25) is 0 Å². The zero-order chi connectivity index (χ0) is 38.6. The Bertz CT molecular complexity index is 1410. The highest BCUT2D eigenvalue weighted by molar-refractivity contribution is 5.86. The van der Waals surface area contributed by atoms with Gasteiger partial charge in [-0.15, -0.1) is 13.2 Å². The van der Waals surface area contributed by atoms with E-state index in [9.17, 15) is 29.4 Å². The van der Waals surface area contributed by atoms with Gasteiger partial charge in [0.25, 0.3) is 0 Å². The Morgan fingerprint density at radius 3 is 1.58 bits per heavy atom. The SMILES string of the molecule is C=CC1C(C(=O)NCCN)CCC2C1CCC1C(C)(C)C(O)C(=O)CC21C.C=CC1C(C(=O)OC)CCC2C1CCC1C(C)(C)C(O)C(=O)CC21C. The number of hydrogen-bond acceptors (Lipinski definition) is 8. The van der Waals surface area contributed by atoms with Crippen LogP contribution in [0.25, 0.3) is 0 Å². The summed E-state index contributed by atoms with van der Waals surface area (Å²) in [4.78, 5) is 50.1. The summed E-state index contributed by atoms with van der Waals surface area (Å²) in [6.45, 7) is 21.7. The number of aliphatic hydroxyl groups is 2. The van der Waals surface area contributed by atoms with Gasteiger partial charge in [0.15, 0.2) is 11.6 Å². The number of aliphatic hydroxyl groups excluding tert-OH is 2. The third-order valence-corrected chi connectivity index (χ3v) is 16.1. The smallest absolute Gasteiger partial charge is 0.309 e. The van der Waals surface area contributed by atoms with E-state index in [0.717, 1.165) is 51.4 Å². The summed E-state index contributed by atoms with van der Waals surface area (Å²) in [5.74, 6) is 2.22. The van der Waals surface area contributed by atoms with Gasteiger partial charge in [-0.1, -0.05) is 53.7 Å². The van der Waals surface area contributed by atoms with E-state index in [0.29, 0.717) is 61.4 Å². The minimum absolute atomic E-state index is 0.0163. The quantitative estimate of drug-likeness (QED) is 0.202. The molecule has 0 aromatic carbocycles. The number of amides is 1. The van der Waals surface area contributed by atoms with Crippen LogP contribution in [0.1, 0.15) is 106 Å². The van der Waals surface area contributed by atoms with Gasteiger partial charge in [-0.25, -0.2) is 0 Å². The van der Waals surface area contributed by atoms with E-state index in [4.69, 9.17) is 10.5 Å². The molecule has 6 aliphatic carbocycles. The molecular formula is C43H68N2O7. The van der Waals surface area contributed by atoms with Crippen molar-refractivity contribution >= 4 is 23.4 Å². The van der Waals surface area contributed by atoms with Crippen LogP contribution in [0.5, 0.6) is 0 Å². The van der Waals surface area contributed by atoms with Gasteiger partial charge < -0.3 is 26.0 Å². The summed E-state index contributed by atoms with van der Waals surface area (Å²) in [5, 5.41) is 23.9. The summed E-state index contributed by atoms with van der Waals surface area (Å²) in [5.41, 5.74) is 4.53. The maximum Gasteiger partial charge on any atom is 0.309 e. The number of ketones is 2. The van der Waals surface area contributed by atoms with Gasteiger partial charge in [0, 0.05) is 42.7 Å². The summed E-state index contributed by atoms with van der Waals surface area (Å²) < 4.78 is 5.02. The molecule has 6 rings (SSSR count). The number of nitrogens with one attached hydrogen (secondary N) is 1. The van der Waals surface area contributed by atoms with E-state index in [1.807, 2.05) is 26.0 Å². The van der Waals surface area contributed by atoms with Crippen LogP contribution in [0.3, 0.4) is 0 Å². The topological polar surface area (TPSA) is 156 Å². The van der Waals surface area contributed by atoms with Gasteiger partial charge in [0.2, 0.25) is 5.91 Å². The molecule has 1 amide bonds. The number of allylic oxidation sites excluding steroid dienone is 2. The van der Waals surface area contributed by atoms with Crippen LogP contribution in [-0.4, -0.2) is 66.1 Å². The summed E-state index contributed by atoms with van der Waals surface area (Å²) in [6, 6.07) is 0. The molecule has 0 radical (unpaired) electrons. The number of esters is 1. The molecule has 5 N–H and O–H groups in total. The summed E-state index contributed by atoms with van der Waals surface area (Å²) in [7, 11) is 1.45. The monoisotopic (exact) mass is 725 g/mol. The van der Waals surface area contributed by atoms with Gasteiger partial charge >= 0.3 is 5.97 Å². The van der Waals surface area contributed by atoms with Crippen molar-refractivity contribution in [3.63, 3.8) is 0 Å². The average molecular weight is 725 g/mol. The molecule has 0 spiro atoms. The lowest BCUT2D eigenvalue weighted by Gasteiger charge is -2.62. The van der Waals surface area contributed by atoms with Crippen LogP contribution in [0.4, 0.5) is 0 Å². The number of hydrogen-bond donors (Lipinski definition) is 4. The van der Waals surface area contributed by atoms with Crippen molar-refractivity contribution in [2.24, 2.45) is 86.6 Å². The second-order valence-corrected chi connectivity index (χ2v) is 19.1. The van der Waals surface area contributed by atoms with Gasteiger partial charge in [-0.2, -0.15) is 0 Å². The number of carbonyl (C=O) groups is 4. The van der Waals surface area contributed by atoms with E-state index < -0.39 is 23.0 Å². The third-order valence-electron chi connectivity index (χ3n) is 16.1. The molecule has 0 heterocycles. The molecule has 14 atom stereocenters. The highest BCUT2D eigenvalue weighted by atomic mass is 16.5. The van der Waals surface area contributed by atoms with Gasteiger partial charge in [-0.3, -0.25) is 19.2 Å². The lowest BCUT2D eigenvalue weighted by Crippen LogP contribution is -2.61. The molecule has 6 fully saturated rings. The van der Waals surface area contributed by atoms with E-state index in [2.05, 4.69) is 46.2 Å². The first-order chi connectivity index (χ1) is 24.4. The van der Waals surface area contributed by atoms with Crippen LogP contribution >= 0.6 is 0 Å². The number of rotatable bonds is 6. The van der Waals surface area contributed by atoms with Crippen LogP contribution in [0.15, 0.2) is 25.3 Å². The number of nitrogens with two attached hydrogens (primary N) is 1. The Labute approximate surface area is 312 Å². The Morgan fingerprint density at radius 2 is 1.17 bits per heavy atom. The molecule has 6 aliphatic rings. The number of carbonyl (C=O) groups excluding carboxylic acids is 4. The summed E-state index contributed by atoms with van der Waals surface area (Å²) >= 11 is 0. The van der Waals surface area contributed by atoms with Gasteiger partial charge in [0.05, 0.1) is 13.0 Å². The molecule has 0 saturated heterocycles. The fourth-order valence-electron chi connectivity index (χ4n) is 13.8. The minimum atomic E-state index is -0.860. The predicted molar refractivity (Wildman–Crippen MR) is 201 cm³/mol. The lowest BCUT2D eigenvalue weighted by molar-refractivity contribution is -0.182. The van der Waals surface area contributed by atoms with Crippen molar-refractivity contribution in [3.8, 4) is 0 Å². The fourth-order valence-corrected chi connectivity index (χ4v) is 13.8. The normalized spacial score (nSPS) is 44.6. The van der Waals surface area contributed by atoms with Gasteiger partial charge in [-0.05, 0) is 110 Å². The number of fused-ring (bicyclic) bond motifs is 6. The first-order valence-corrected chi connectivity index (χ1v) is 20.1. The largest absolute Gasteiger partial charge is 0.469 e. The standard InChI is InChI=1S/C22H36N2O3.C21H32O4/c1-5-13-14-7-9-18-21(2,3)19(26)17(25)12-22(18,4)16(14)8-6-15(13)20(27)24-11-10-23;1-6-12-13-8-10-17-20(2,3)18(23)16(22)11-21(17,4)15(13)9-7-14(12)19(24)25-5/h5,13-16,18-19,26H,1,6-12,23H2,2-4H3,(H,24,27);6,12-15,17-18,23H,1,7-11H2,2-5H3. The Morgan fingerprint density at radius 1 is 0.750 bits per heavy atom. The first kappa shape index (κ1) is 40.8. The second kappa shape index (κ2) is 15.1. The van der Waals surface area contributed by atoms with Gasteiger partial charge in [0.1, 0.15) is 12.2 Å². The summed E-state index contributed by atoms with van der Waals surface area (Å²) in [6.07, 6.45) is 10.7. The highest BCUT2D eigenvalue weighted by Crippen LogP contribution is 2.66. The molecule has 14 unspecified atom stereocenters. The van der Waals surface area contributed by atoms with Crippen molar-refractivity contribution in [1.29, 1.82) is 0 Å². The fraction of sp³-hybridized carbons (Fsp3) is 0.814. The Kier molecular flexibility index (Phi) is 11.8. The molecular weight excluding hydrogens is 656 g/mol. The molecule has 292 valence electrons. The van der Waals surface area contributed by atoms with Crippen molar-refractivity contribution < 1.29 is 34.1 Å². The third kappa shape index (κ3) is 6.56. The van der Waals surface area contributed by atoms with Crippen molar-refractivity contribution in [2.45, 2.75) is 118 Å². The van der Waals surface area contributed by atoms with E-state index in [1.54, 1.807) is 0 Å². The number of ether oxygens (including phenoxy) is 1. The minimum Gasteiger partial charge on any atom is -0.469 e. The Balaban J connectivity index is 0.000000202. The zero-order valence-electron chi connectivity index (χ0n) is 33.0. The molecule has 0 aliphatic heterocycles. The van der Waals surface area contributed by atoms with Crippen molar-refractivity contribution in [1.82, 2.24) is 5.32 Å². The first-order valence-electron chi connectivity index (χ1n) is 20.1. The molecule has 0 bridgehead atoms. The molecule has 6 saturated carbocycles. The van der Waals surface area contributed by atoms with Crippen molar-refractivity contribution in [2.75, 3.05) is 20.2 Å². The molecule has 52 heavy (non-hydrogen) atoms. The molecule has 0 aromatic heterocycles. The molecule has 0 aromatic rings. The molecule has 9 heteroatoms. The van der Waals surface area contributed by atoms with E-state index in [-0.39, 0.29) is 57.9 Å². The van der Waals surface area contributed by atoms with E-state index in [1.165, 1.54) is 7.11 Å². The van der Waals surface area contributed by atoms with Crippen LogP contribution in [0, 0.1) is 80.8 Å². The second-order valence-electron chi connectivity index (χ2n) is 19.1. The predicted octanol–water partition coefficient (Wildman–Crippen LogP) is 5.66. The van der Waals surface area contributed by atoms with Crippen molar-refractivity contribution in [3.05, 3.63) is 25.3 Å². The number of methoxy groups -OCH3 is 1. The highest BCUT2D eigenvalue weighted by Gasteiger charge is 2.63. The lowest BCUT2D eigenvalue weighted by atomic mass is 9.42. The van der Waals surface area contributed by atoms with E-state index >= 15 is 0 Å². The number of Topliss-reactive ketones (excluding diaryl/α,β-unsaturated/α-hetero) is 2. The van der Waals surface area contributed by atoms with Crippen LogP contribution in [-0.2, 0) is 23.9 Å². The zero-order valence-corrected chi connectivity index (χ0v) is 33.0. The maximum atomic E-state index is 12.7. The average Bonchev–Trinajstić information content (AvgIpc) is 3.10. The van der Waals surface area contributed by atoms with Crippen LogP contribution < -0.4 is 11.1 Å². The maximum absolute atomic E-state index is 12.7.